The van der Waals surface area contributed by atoms with Gasteiger partial charge < -0.3 is 16.2 Å². The highest BCUT2D eigenvalue weighted by Crippen LogP contribution is 2.30. The van der Waals surface area contributed by atoms with Gasteiger partial charge in [-0.3, -0.25) is 4.68 Å². The van der Waals surface area contributed by atoms with Crippen LogP contribution in [0.25, 0.3) is 28.1 Å². The van der Waals surface area contributed by atoms with Gasteiger partial charge in [0.25, 0.3) is 0 Å². The molecule has 4 aromatic rings. The van der Waals surface area contributed by atoms with Gasteiger partial charge in [-0.25, -0.2) is 9.07 Å². The Bertz CT molecular complexity index is 1400. The average molecular weight is 500 g/mol. The van der Waals surface area contributed by atoms with Crippen molar-refractivity contribution < 1.29 is 9.50 Å². The second-order valence-corrected chi connectivity index (χ2v) is 9.57. The molecule has 2 atom stereocenters. The zero-order valence-electron chi connectivity index (χ0n) is 20.5. The topological polar surface area (TPSA) is 118 Å². The molecule has 1 aliphatic carbocycles. The molecule has 1 saturated carbocycles. The molecule has 4 N–H and O–H groups in total. The van der Waals surface area contributed by atoms with Crippen LogP contribution in [0.5, 0.6) is 0 Å². The minimum absolute atomic E-state index is 0.00731. The predicted octanol–water partition coefficient (Wildman–Crippen LogP) is 4.34. The highest BCUT2D eigenvalue weighted by Gasteiger charge is 2.20. The Labute approximate surface area is 215 Å². The monoisotopic (exact) mass is 499 g/mol. The van der Waals surface area contributed by atoms with Gasteiger partial charge >= 0.3 is 0 Å². The molecule has 5 rings (SSSR count). The highest BCUT2D eigenvalue weighted by atomic mass is 19.1. The quantitative estimate of drug-likeness (QED) is 0.332. The van der Waals surface area contributed by atoms with E-state index in [1.54, 1.807) is 21.6 Å². The fourth-order valence-corrected chi connectivity index (χ4v) is 4.93. The molecule has 1 aliphatic rings. The average Bonchev–Trinajstić information content (AvgIpc) is 3.55. The summed E-state index contributed by atoms with van der Waals surface area (Å²) in [6.07, 6.45) is 8.02. The van der Waals surface area contributed by atoms with Crippen molar-refractivity contribution in [2.75, 3.05) is 18.5 Å². The minimum Gasteiger partial charge on any atom is -0.394 e. The number of anilines is 1. The number of hydrogen-bond donors (Lipinski definition) is 3. The fraction of sp³-hybridized carbons (Fsp3) is 0.321. The summed E-state index contributed by atoms with van der Waals surface area (Å²) in [5.74, 6) is 0.637. The number of nitrogens with one attached hydrogen (secondary N) is 1. The maximum atomic E-state index is 14.5. The minimum atomic E-state index is -0.561. The molecule has 9 heteroatoms. The van der Waals surface area contributed by atoms with Crippen LogP contribution in [0.1, 0.15) is 31.2 Å². The molecule has 0 unspecified atom stereocenters. The molecule has 8 nitrogen and oxygen atoms in total. The SMILES string of the molecule is N#Cc1ccc(-c2cc(NC[C@H]3CCC[C@H](N)C3)nn2-c2ccc(-c3cnn(CCO)c3)cc2)cc1F. The lowest BCUT2D eigenvalue weighted by Crippen LogP contribution is -2.31. The van der Waals surface area contributed by atoms with Crippen LogP contribution in [-0.2, 0) is 6.54 Å². The van der Waals surface area contributed by atoms with Gasteiger partial charge in [0.05, 0.1) is 36.3 Å². The third kappa shape index (κ3) is 5.56. The summed E-state index contributed by atoms with van der Waals surface area (Å²) in [5, 5.41) is 30.8. The number of halogens is 1. The van der Waals surface area contributed by atoms with E-state index in [0.29, 0.717) is 23.8 Å². The molecular weight excluding hydrogens is 469 g/mol. The Morgan fingerprint density at radius 3 is 2.65 bits per heavy atom. The summed E-state index contributed by atoms with van der Waals surface area (Å²) in [4.78, 5) is 0. The summed E-state index contributed by atoms with van der Waals surface area (Å²) in [6, 6.07) is 16.5. The molecule has 0 spiro atoms. The van der Waals surface area contributed by atoms with Crippen LogP contribution in [0.2, 0.25) is 0 Å². The van der Waals surface area contributed by atoms with Crippen LogP contribution in [0.15, 0.2) is 60.9 Å². The van der Waals surface area contributed by atoms with Gasteiger partial charge in [-0.1, -0.05) is 24.6 Å². The summed E-state index contributed by atoms with van der Waals surface area (Å²) in [7, 11) is 0. The van der Waals surface area contributed by atoms with Gasteiger partial charge in [0.15, 0.2) is 0 Å². The lowest BCUT2D eigenvalue weighted by Gasteiger charge is -2.26. The van der Waals surface area contributed by atoms with E-state index in [9.17, 15) is 4.39 Å². The number of benzene rings is 2. The van der Waals surface area contributed by atoms with Crippen molar-refractivity contribution >= 4 is 5.82 Å². The third-order valence-corrected chi connectivity index (χ3v) is 6.90. The molecule has 0 radical (unpaired) electrons. The van der Waals surface area contributed by atoms with E-state index >= 15 is 0 Å². The Morgan fingerprint density at radius 1 is 1.11 bits per heavy atom. The van der Waals surface area contributed by atoms with Gasteiger partial charge in [0.1, 0.15) is 17.7 Å². The lowest BCUT2D eigenvalue weighted by molar-refractivity contribution is 0.269. The summed E-state index contributed by atoms with van der Waals surface area (Å²) < 4.78 is 18.0. The molecule has 0 aliphatic heterocycles. The van der Waals surface area contributed by atoms with Crippen LogP contribution >= 0.6 is 0 Å². The first-order chi connectivity index (χ1) is 18.0. The normalized spacial score (nSPS) is 17.5. The standard InChI is InChI=1S/C28H30FN7O/c29-26-13-21(4-5-22(26)15-30)27-14-28(32-16-19-2-1-3-24(31)12-19)34-36(27)25-8-6-20(7-9-25)23-17-33-35(18-23)10-11-37/h4-9,13-14,17-19,24,37H,1-3,10-12,16,31H2,(H,32,34)/t19-,24-/m0/s1. The van der Waals surface area contributed by atoms with Crippen molar-refractivity contribution in [3.63, 3.8) is 0 Å². The number of aliphatic hydroxyl groups is 1. The van der Waals surface area contributed by atoms with E-state index in [-0.39, 0.29) is 18.2 Å². The largest absolute Gasteiger partial charge is 0.394 e. The van der Waals surface area contributed by atoms with Crippen molar-refractivity contribution in [3.05, 3.63) is 72.3 Å². The van der Waals surface area contributed by atoms with Crippen molar-refractivity contribution in [3.8, 4) is 34.1 Å². The maximum Gasteiger partial charge on any atom is 0.149 e. The Hall–Kier alpha value is -4.00. The van der Waals surface area contributed by atoms with Crippen LogP contribution in [-0.4, -0.2) is 43.9 Å². The molecule has 0 amide bonds. The molecule has 0 bridgehead atoms. The number of nitriles is 1. The van der Waals surface area contributed by atoms with Gasteiger partial charge in [0, 0.05) is 36.0 Å². The molecule has 2 heterocycles. The maximum absolute atomic E-state index is 14.5. The fourth-order valence-electron chi connectivity index (χ4n) is 4.93. The van der Waals surface area contributed by atoms with Crippen LogP contribution in [0.3, 0.4) is 0 Å². The first-order valence-corrected chi connectivity index (χ1v) is 12.6. The Balaban J connectivity index is 1.45. The molecule has 0 saturated heterocycles. The predicted molar refractivity (Wildman–Crippen MR) is 140 cm³/mol. The summed E-state index contributed by atoms with van der Waals surface area (Å²) in [6.45, 7) is 1.25. The second kappa shape index (κ2) is 10.9. The number of aliphatic hydroxyl groups excluding tert-OH is 1. The third-order valence-electron chi connectivity index (χ3n) is 6.90. The zero-order chi connectivity index (χ0) is 25.8. The van der Waals surface area contributed by atoms with E-state index in [4.69, 9.17) is 21.2 Å². The Morgan fingerprint density at radius 2 is 1.92 bits per heavy atom. The number of rotatable bonds is 8. The van der Waals surface area contributed by atoms with Crippen molar-refractivity contribution in [1.82, 2.24) is 19.6 Å². The zero-order valence-corrected chi connectivity index (χ0v) is 20.5. The molecule has 190 valence electrons. The second-order valence-electron chi connectivity index (χ2n) is 9.57. The van der Waals surface area contributed by atoms with Gasteiger partial charge in [0.2, 0.25) is 0 Å². The molecule has 1 fully saturated rings. The smallest absolute Gasteiger partial charge is 0.149 e. The van der Waals surface area contributed by atoms with Crippen molar-refractivity contribution in [2.24, 2.45) is 11.7 Å². The highest BCUT2D eigenvalue weighted by molar-refractivity contribution is 5.68. The van der Waals surface area contributed by atoms with Gasteiger partial charge in [-0.05, 0) is 55.0 Å². The van der Waals surface area contributed by atoms with Gasteiger partial charge in [-0.2, -0.15) is 10.4 Å². The number of aromatic nitrogens is 4. The van der Waals surface area contributed by atoms with E-state index in [1.807, 2.05) is 42.6 Å². The lowest BCUT2D eigenvalue weighted by atomic mass is 9.86. The first-order valence-electron chi connectivity index (χ1n) is 12.6. The van der Waals surface area contributed by atoms with E-state index in [0.717, 1.165) is 54.7 Å². The van der Waals surface area contributed by atoms with Gasteiger partial charge in [-0.15, -0.1) is 5.10 Å². The Kier molecular flexibility index (Phi) is 7.30. The number of nitrogens with zero attached hydrogens (tertiary/aromatic N) is 5. The van der Waals surface area contributed by atoms with E-state index < -0.39 is 5.82 Å². The molecular formula is C28H30FN7O. The number of hydrogen-bond acceptors (Lipinski definition) is 6. The summed E-state index contributed by atoms with van der Waals surface area (Å²) in [5.41, 5.74) is 10.3. The van der Waals surface area contributed by atoms with Crippen LogP contribution in [0.4, 0.5) is 10.2 Å². The van der Waals surface area contributed by atoms with Crippen LogP contribution in [0, 0.1) is 23.1 Å². The van der Waals surface area contributed by atoms with E-state index in [1.165, 1.54) is 12.1 Å². The van der Waals surface area contributed by atoms with E-state index in [2.05, 4.69) is 10.4 Å². The number of nitrogens with two attached hydrogens (primary N) is 1. The van der Waals surface area contributed by atoms with Crippen molar-refractivity contribution in [1.29, 1.82) is 5.26 Å². The first kappa shape index (κ1) is 24.7. The van der Waals surface area contributed by atoms with Crippen LogP contribution < -0.4 is 11.1 Å². The summed E-state index contributed by atoms with van der Waals surface area (Å²) >= 11 is 0. The molecule has 2 aromatic heterocycles. The van der Waals surface area contributed by atoms with Crippen molar-refractivity contribution in [2.45, 2.75) is 38.3 Å². The molecule has 37 heavy (non-hydrogen) atoms. The molecule has 2 aromatic carbocycles.